The van der Waals surface area contributed by atoms with Crippen LogP contribution < -0.4 is 34.0 Å². The maximum atomic E-state index is 13.6. The molecule has 1 aliphatic carbocycles. The second-order valence-electron chi connectivity index (χ2n) is 12.0. The zero-order valence-corrected chi connectivity index (χ0v) is 25.6. The molecule has 0 aromatic heterocycles. The average Bonchev–Trinajstić information content (AvgIpc) is 3.06. The van der Waals surface area contributed by atoms with E-state index in [0.29, 0.717) is 12.8 Å². The van der Waals surface area contributed by atoms with Crippen LogP contribution in [0.15, 0.2) is 30.3 Å². The van der Waals surface area contributed by atoms with Crippen molar-refractivity contribution in [1.82, 2.24) is 5.32 Å². The van der Waals surface area contributed by atoms with Crippen molar-refractivity contribution in [2.75, 3.05) is 19.7 Å². The van der Waals surface area contributed by atoms with E-state index >= 15 is 0 Å². The quantitative estimate of drug-likeness (QED) is 0.0943. The van der Waals surface area contributed by atoms with Crippen molar-refractivity contribution in [3.8, 4) is 0 Å². The van der Waals surface area contributed by atoms with Gasteiger partial charge in [-0.05, 0) is 31.4 Å². The van der Waals surface area contributed by atoms with Crippen LogP contribution in [-0.4, -0.2) is 143 Å². The first-order chi connectivity index (χ1) is 22.0. The molecule has 0 bridgehead atoms. The Morgan fingerprint density at radius 2 is 1.59 bits per heavy atom. The van der Waals surface area contributed by atoms with E-state index in [0.717, 1.165) is 5.56 Å². The lowest BCUT2D eigenvalue weighted by atomic mass is 9.81. The summed E-state index contributed by atoms with van der Waals surface area (Å²) in [5.74, 6) is -0.674. The molecule has 1 aromatic carbocycles. The number of aliphatic hydroxyl groups is 5. The van der Waals surface area contributed by atoms with E-state index in [1.165, 1.54) is 0 Å². The molecule has 1 saturated carbocycles. The van der Waals surface area contributed by atoms with E-state index in [4.69, 9.17) is 52.4 Å². The molecule has 46 heavy (non-hydrogen) atoms. The molecule has 2 heterocycles. The van der Waals surface area contributed by atoms with E-state index in [1.807, 2.05) is 30.3 Å². The largest absolute Gasteiger partial charge is 0.394 e. The van der Waals surface area contributed by atoms with Crippen molar-refractivity contribution in [3.63, 3.8) is 0 Å². The van der Waals surface area contributed by atoms with Crippen LogP contribution in [0.4, 0.5) is 0 Å². The van der Waals surface area contributed by atoms with E-state index in [2.05, 4.69) is 5.32 Å². The Morgan fingerprint density at radius 1 is 0.891 bits per heavy atom. The van der Waals surface area contributed by atoms with Crippen LogP contribution in [0.25, 0.3) is 0 Å². The Morgan fingerprint density at radius 3 is 2.24 bits per heavy atom. The number of amides is 1. The topological polar surface area (TPSA) is 306 Å². The molecule has 2 aliphatic heterocycles. The monoisotopic (exact) mass is 658 g/mol. The molecular weight excluding hydrogens is 608 g/mol. The molecule has 1 amide bonds. The summed E-state index contributed by atoms with van der Waals surface area (Å²) in [5.41, 5.74) is 30.9. The predicted octanol–water partition coefficient (Wildman–Crippen LogP) is -5.20. The zero-order valence-electron chi connectivity index (χ0n) is 25.6. The highest BCUT2D eigenvalue weighted by atomic mass is 16.7. The fourth-order valence-corrected chi connectivity index (χ4v) is 5.95. The predicted molar refractivity (Wildman–Crippen MR) is 161 cm³/mol. The van der Waals surface area contributed by atoms with Crippen molar-refractivity contribution < 1.29 is 54.0 Å². The minimum atomic E-state index is -1.66. The Labute approximate surface area is 267 Å². The van der Waals surface area contributed by atoms with E-state index in [-0.39, 0.29) is 32.2 Å². The molecule has 16 N–H and O–H groups in total. The SMILES string of the molecule is NCC[C@H](OCc1ccccc1)C(=O)N[C@@H]1C(O)[C@H](N)C(O[C@H]2O[C@H](CN)CCC2N)C(O)[C@H]1O[C@H]1OC(CO)[C@@H](O)[C@H](N)C1O. The fourth-order valence-electron chi connectivity index (χ4n) is 5.95. The van der Waals surface area contributed by atoms with Crippen molar-refractivity contribution in [2.24, 2.45) is 28.7 Å². The maximum absolute atomic E-state index is 13.6. The molecule has 262 valence electrons. The summed E-state index contributed by atoms with van der Waals surface area (Å²) in [4.78, 5) is 13.6. The molecule has 1 aromatic rings. The number of rotatable bonds is 13. The molecule has 6 unspecified atom stereocenters. The summed E-state index contributed by atoms with van der Waals surface area (Å²) in [6.45, 7) is -0.249. The summed E-state index contributed by atoms with van der Waals surface area (Å²) in [6, 6.07) is 4.57. The lowest BCUT2D eigenvalue weighted by Gasteiger charge is -2.50. The first-order valence-corrected chi connectivity index (χ1v) is 15.6. The van der Waals surface area contributed by atoms with Gasteiger partial charge < -0.3 is 83.2 Å². The zero-order chi connectivity index (χ0) is 33.5. The number of hydrogen-bond donors (Lipinski definition) is 11. The first-order valence-electron chi connectivity index (χ1n) is 15.6. The Bertz CT molecular complexity index is 1080. The third kappa shape index (κ3) is 8.56. The molecule has 3 fully saturated rings. The molecule has 15 atom stereocenters. The molecule has 2 saturated heterocycles. The van der Waals surface area contributed by atoms with Crippen LogP contribution >= 0.6 is 0 Å². The molecule has 4 rings (SSSR count). The van der Waals surface area contributed by atoms with Crippen molar-refractivity contribution in [3.05, 3.63) is 35.9 Å². The van der Waals surface area contributed by atoms with Crippen LogP contribution in [-0.2, 0) is 35.1 Å². The average molecular weight is 659 g/mol. The Balaban J connectivity index is 1.58. The maximum Gasteiger partial charge on any atom is 0.249 e. The summed E-state index contributed by atoms with van der Waals surface area (Å²) in [7, 11) is 0. The second-order valence-corrected chi connectivity index (χ2v) is 12.0. The van der Waals surface area contributed by atoms with Crippen molar-refractivity contribution >= 4 is 5.91 Å². The summed E-state index contributed by atoms with van der Waals surface area (Å²) < 4.78 is 29.3. The minimum Gasteiger partial charge on any atom is -0.394 e. The van der Waals surface area contributed by atoms with Gasteiger partial charge in [0.25, 0.3) is 0 Å². The van der Waals surface area contributed by atoms with Gasteiger partial charge in [-0.15, -0.1) is 0 Å². The van der Waals surface area contributed by atoms with Gasteiger partial charge in [-0.25, -0.2) is 0 Å². The summed E-state index contributed by atoms with van der Waals surface area (Å²) in [6.07, 6.45) is -13.2. The molecule has 0 spiro atoms. The van der Waals surface area contributed by atoms with Gasteiger partial charge in [-0.2, -0.15) is 0 Å². The van der Waals surface area contributed by atoms with Crippen LogP contribution in [0.2, 0.25) is 0 Å². The first kappa shape index (κ1) is 36.9. The standard InChI is InChI=1S/C29H50N6O11/c30-9-8-16(42-12-13-4-2-1-3-5-13)27(41)35-20-22(38)19(34)25(45-28-15(32)7-6-14(10-31)43-28)24(40)26(20)46-29-23(39)18(33)21(37)17(11-36)44-29/h1-5,14-26,28-29,36-40H,6-12,30-34H2,(H,35,41)/t14-,15?,16-,17?,18-,19-,20+,21+,22?,23?,24?,25?,26-,28+,29+/m0/s1. The van der Waals surface area contributed by atoms with Crippen LogP contribution in [0.3, 0.4) is 0 Å². The van der Waals surface area contributed by atoms with Crippen molar-refractivity contribution in [2.45, 2.75) is 118 Å². The third-order valence-corrected chi connectivity index (χ3v) is 8.77. The highest BCUT2D eigenvalue weighted by molar-refractivity contribution is 5.81. The smallest absolute Gasteiger partial charge is 0.249 e. The lowest BCUT2D eigenvalue weighted by molar-refractivity contribution is -0.319. The number of carbonyl (C=O) groups excluding carboxylic acids is 1. The number of ether oxygens (including phenoxy) is 5. The number of hydrogen-bond acceptors (Lipinski definition) is 16. The molecular formula is C29H50N6O11. The lowest BCUT2D eigenvalue weighted by Crippen LogP contribution is -2.74. The van der Waals surface area contributed by atoms with Crippen molar-refractivity contribution in [1.29, 1.82) is 0 Å². The summed E-state index contributed by atoms with van der Waals surface area (Å²) >= 11 is 0. The summed E-state index contributed by atoms with van der Waals surface area (Å²) in [5, 5.41) is 56.6. The normalized spacial score (nSPS) is 40.7. The Hall–Kier alpha value is -1.91. The van der Waals surface area contributed by atoms with Gasteiger partial charge in [0.1, 0.15) is 42.7 Å². The minimum absolute atomic E-state index is 0.0977. The highest BCUT2D eigenvalue weighted by Gasteiger charge is 2.54. The van der Waals surface area contributed by atoms with Gasteiger partial charge >= 0.3 is 0 Å². The van der Waals surface area contributed by atoms with Gasteiger partial charge in [-0.1, -0.05) is 30.3 Å². The highest BCUT2D eigenvalue weighted by Crippen LogP contribution is 2.32. The third-order valence-electron chi connectivity index (χ3n) is 8.77. The van der Waals surface area contributed by atoms with Gasteiger partial charge in [-0.3, -0.25) is 4.79 Å². The molecule has 3 aliphatic rings. The molecule has 17 nitrogen and oxygen atoms in total. The van der Waals surface area contributed by atoms with Crippen LogP contribution in [0.1, 0.15) is 24.8 Å². The number of benzene rings is 1. The number of nitrogens with one attached hydrogen (secondary N) is 1. The van der Waals surface area contributed by atoms with E-state index < -0.39 is 98.1 Å². The molecule has 17 heteroatoms. The van der Waals surface area contributed by atoms with Gasteiger partial charge in [0.05, 0.1) is 49.6 Å². The Kier molecular flexibility index (Phi) is 13.6. The van der Waals surface area contributed by atoms with Crippen LogP contribution in [0.5, 0.6) is 0 Å². The number of aliphatic hydroxyl groups excluding tert-OH is 5. The number of nitrogens with two attached hydrogens (primary N) is 5. The van der Waals surface area contributed by atoms with Gasteiger partial charge in [0, 0.05) is 6.54 Å². The number of carbonyl (C=O) groups is 1. The molecule has 0 radical (unpaired) electrons. The van der Waals surface area contributed by atoms with Crippen LogP contribution in [0, 0.1) is 0 Å². The van der Waals surface area contributed by atoms with E-state index in [9.17, 15) is 30.3 Å². The second kappa shape index (κ2) is 17.0. The van der Waals surface area contributed by atoms with Gasteiger partial charge in [0.15, 0.2) is 12.6 Å². The fraction of sp³-hybridized carbons (Fsp3) is 0.759. The van der Waals surface area contributed by atoms with E-state index in [1.54, 1.807) is 0 Å². The van der Waals surface area contributed by atoms with Gasteiger partial charge in [0.2, 0.25) is 5.91 Å².